The normalized spacial score (nSPS) is 15.1. The van der Waals surface area contributed by atoms with E-state index in [9.17, 15) is 75.4 Å². The molecule has 0 saturated heterocycles. The third kappa shape index (κ3) is 13.0. The van der Waals surface area contributed by atoms with Gasteiger partial charge < -0.3 is 23.4 Å². The molecule has 2 atom stereocenters. The van der Waals surface area contributed by atoms with Crippen LogP contribution in [0.1, 0.15) is 66.6 Å². The highest BCUT2D eigenvalue weighted by Gasteiger charge is 2.95. The minimum absolute atomic E-state index is 0.117. The summed E-state index contributed by atoms with van der Waals surface area (Å²) in [5.41, 5.74) is -0.513. The van der Waals surface area contributed by atoms with Gasteiger partial charge in [-0.1, -0.05) is 58.9 Å². The second kappa shape index (κ2) is 22.6. The van der Waals surface area contributed by atoms with Gasteiger partial charge in [0.05, 0.1) is 20.3 Å². The number of halogens is 17. The zero-order valence-corrected chi connectivity index (χ0v) is 39.0. The van der Waals surface area contributed by atoms with Gasteiger partial charge in [0.15, 0.2) is 8.32 Å². The highest BCUT2D eigenvalue weighted by Crippen LogP contribution is 2.64. The Bertz CT molecular complexity index is 2050. The van der Waals surface area contributed by atoms with Gasteiger partial charge in [-0.05, 0) is 78.5 Å². The van der Waals surface area contributed by atoms with Crippen molar-refractivity contribution in [3.05, 3.63) is 77.9 Å². The average molecular weight is 1040 g/mol. The van der Waals surface area contributed by atoms with E-state index in [4.69, 9.17) is 23.4 Å². The molecule has 0 aliphatic heterocycles. The Morgan fingerprint density at radius 2 is 1.14 bits per heavy atom. The van der Waals surface area contributed by atoms with Gasteiger partial charge in [-0.25, -0.2) is 9.59 Å². The van der Waals surface area contributed by atoms with Crippen molar-refractivity contribution in [2.75, 3.05) is 32.2 Å². The molecule has 8 nitrogen and oxygen atoms in total. The molecule has 0 saturated carbocycles. The Hall–Kier alpha value is -4.75. The molecule has 1 amide bonds. The second-order valence-corrected chi connectivity index (χ2v) is 21.2. The topological polar surface area (TPSA) is 92.3 Å². The van der Waals surface area contributed by atoms with E-state index >= 15 is 8.78 Å². The molecule has 2 rings (SSSR count). The lowest BCUT2D eigenvalue weighted by Gasteiger charge is -2.44. The van der Waals surface area contributed by atoms with E-state index in [1.807, 2.05) is 0 Å². The van der Waals surface area contributed by atoms with Crippen molar-refractivity contribution in [2.45, 2.75) is 126 Å². The van der Waals surface area contributed by atoms with Crippen LogP contribution in [0.3, 0.4) is 0 Å². The average Bonchev–Trinajstić information content (AvgIpc) is 3.24. The molecular formula is C43H50F17NO7Si. The maximum Gasteiger partial charge on any atom is 0.460 e. The van der Waals surface area contributed by atoms with E-state index in [0.29, 0.717) is 22.6 Å². The summed E-state index contributed by atoms with van der Waals surface area (Å²) >= 11 is 0. The quantitative estimate of drug-likeness (QED) is 0.0264. The Morgan fingerprint density at radius 3 is 1.61 bits per heavy atom. The first-order valence-electron chi connectivity index (χ1n) is 20.6. The van der Waals surface area contributed by atoms with Gasteiger partial charge in [-0.2, -0.15) is 74.6 Å². The maximum atomic E-state index is 15.0. The van der Waals surface area contributed by atoms with Crippen molar-refractivity contribution >= 4 is 26.1 Å². The molecule has 0 aliphatic rings. The standard InChI is InChI=1S/C43H50F17NO7Si/c1-9-65-33(62)24-27(6)10-11-28(7)34(68-35(63)61-30-14-18-31(64-8)19-15-30)29-12-16-32(17-13-29)66-21-22-67-69(25(2)3,26(4)5)23-20-36(44,45)37(46,47)38(48,49)39(50,51)40(52,53)41(54,55)42(56,57)43(58,59)60/h10-19,24-26,28,34H,9,20-23H2,1-8H3,(H,61,63)/b11-10+,27-24+/t28-,34-/m1/s1. The number of hydrogen-bond acceptors (Lipinski definition) is 7. The summed E-state index contributed by atoms with van der Waals surface area (Å²) in [6, 6.07) is 10.8. The van der Waals surface area contributed by atoms with Gasteiger partial charge in [0.2, 0.25) is 0 Å². The minimum Gasteiger partial charge on any atom is -0.497 e. The highest BCUT2D eigenvalue weighted by atomic mass is 28.4. The number of rotatable bonds is 25. The summed E-state index contributed by atoms with van der Waals surface area (Å²) in [7, 11) is -2.57. The molecule has 1 N–H and O–H groups in total. The number of benzene rings is 2. The fourth-order valence-electron chi connectivity index (χ4n) is 6.74. The third-order valence-electron chi connectivity index (χ3n) is 10.8. The van der Waals surface area contributed by atoms with Crippen LogP contribution >= 0.6 is 0 Å². The number of alkyl halides is 17. The molecule has 0 aliphatic carbocycles. The molecule has 2 aromatic rings. The van der Waals surface area contributed by atoms with Crippen molar-refractivity contribution in [1.82, 2.24) is 0 Å². The number of amides is 1. The summed E-state index contributed by atoms with van der Waals surface area (Å²) in [6.45, 7) is 9.41. The Kier molecular flexibility index (Phi) is 19.7. The van der Waals surface area contributed by atoms with Crippen molar-refractivity contribution in [1.29, 1.82) is 0 Å². The molecule has 0 radical (unpaired) electrons. The molecule has 0 heterocycles. The van der Waals surface area contributed by atoms with Crippen LogP contribution in [0.25, 0.3) is 0 Å². The largest absolute Gasteiger partial charge is 0.497 e. The molecule has 0 fully saturated rings. The second-order valence-electron chi connectivity index (χ2n) is 16.2. The van der Waals surface area contributed by atoms with Crippen LogP contribution in [0, 0.1) is 5.92 Å². The lowest BCUT2D eigenvalue weighted by molar-refractivity contribution is -0.461. The first kappa shape index (κ1) is 60.4. The van der Waals surface area contributed by atoms with Crippen LogP contribution in [0.2, 0.25) is 17.1 Å². The van der Waals surface area contributed by atoms with Crippen molar-refractivity contribution < 1.29 is 108 Å². The maximum absolute atomic E-state index is 15.0. The smallest absolute Gasteiger partial charge is 0.460 e. The highest BCUT2D eigenvalue weighted by molar-refractivity contribution is 6.76. The van der Waals surface area contributed by atoms with Gasteiger partial charge in [0.1, 0.15) is 24.2 Å². The van der Waals surface area contributed by atoms with Gasteiger partial charge in [0, 0.05) is 24.1 Å². The van der Waals surface area contributed by atoms with E-state index in [-0.39, 0.29) is 12.4 Å². The molecule has 2 aromatic carbocycles. The van der Waals surface area contributed by atoms with E-state index in [1.54, 1.807) is 57.2 Å². The van der Waals surface area contributed by atoms with Gasteiger partial charge in [-0.3, -0.25) is 5.32 Å². The van der Waals surface area contributed by atoms with Gasteiger partial charge >= 0.3 is 59.7 Å². The SMILES string of the molecule is CCOC(=O)/C=C(C)/C=C/[C@@H](C)[C@@H](OC(=O)Nc1ccc(OC)cc1)c1ccc(OCCO[Si](CCC(F)(F)C(F)(F)C(F)(F)C(F)(F)C(F)(F)C(F)(F)C(F)(F)C(F)(F)F)(C(C)C)C(C)C)cc1. The van der Waals surface area contributed by atoms with E-state index in [2.05, 4.69) is 5.32 Å². The van der Waals surface area contributed by atoms with E-state index < -0.39 is 117 Å². The van der Waals surface area contributed by atoms with Crippen molar-refractivity contribution in [3.8, 4) is 11.5 Å². The summed E-state index contributed by atoms with van der Waals surface area (Å²) in [4.78, 5) is 24.9. The van der Waals surface area contributed by atoms with Crippen LogP contribution in [-0.4, -0.2) is 94.9 Å². The van der Waals surface area contributed by atoms with Gasteiger partial charge in [-0.15, -0.1) is 0 Å². The molecular weight excluding hydrogens is 994 g/mol. The monoisotopic (exact) mass is 1040 g/mol. The number of carbonyl (C=O) groups is 2. The summed E-state index contributed by atoms with van der Waals surface area (Å²) in [6.07, 6.45) is -7.76. The predicted octanol–water partition coefficient (Wildman–Crippen LogP) is 14.2. The number of carbonyl (C=O) groups excluding carboxylic acids is 2. The minimum atomic E-state index is -8.70. The lowest BCUT2D eigenvalue weighted by Crippen LogP contribution is -2.74. The summed E-state index contributed by atoms with van der Waals surface area (Å²) in [5, 5.41) is 2.59. The molecule has 0 bridgehead atoms. The first-order chi connectivity index (χ1) is 31.3. The molecule has 0 unspecified atom stereocenters. The number of esters is 1. The molecule has 0 aromatic heterocycles. The Labute approximate surface area is 386 Å². The Balaban J connectivity index is 2.33. The molecule has 0 spiro atoms. The van der Waals surface area contributed by atoms with Crippen LogP contribution in [0.15, 0.2) is 72.3 Å². The van der Waals surface area contributed by atoms with Crippen molar-refractivity contribution in [3.63, 3.8) is 0 Å². The van der Waals surface area contributed by atoms with E-state index in [1.165, 1.54) is 65.1 Å². The number of methoxy groups -OCH3 is 1. The molecule has 392 valence electrons. The third-order valence-corrected chi connectivity index (χ3v) is 16.5. The summed E-state index contributed by atoms with van der Waals surface area (Å²) < 4.78 is 264. The number of ether oxygens (including phenoxy) is 4. The first-order valence-corrected chi connectivity index (χ1v) is 22.8. The Morgan fingerprint density at radius 1 is 0.667 bits per heavy atom. The zero-order chi connectivity index (χ0) is 53.4. The van der Waals surface area contributed by atoms with Crippen LogP contribution in [0.5, 0.6) is 11.5 Å². The van der Waals surface area contributed by atoms with Crippen LogP contribution in [-0.2, 0) is 18.7 Å². The molecule has 69 heavy (non-hydrogen) atoms. The van der Waals surface area contributed by atoms with Gasteiger partial charge in [0.25, 0.3) is 0 Å². The number of anilines is 1. The number of allylic oxidation sites excluding steroid dienone is 2. The van der Waals surface area contributed by atoms with E-state index in [0.717, 1.165) is 0 Å². The number of hydrogen-bond donors (Lipinski definition) is 1. The fraction of sp³-hybridized carbons (Fsp3) is 0.581. The number of nitrogens with one attached hydrogen (secondary N) is 1. The fourth-order valence-corrected chi connectivity index (χ4v) is 11.2. The summed E-state index contributed by atoms with van der Waals surface area (Å²) in [5.74, 6) is -57.4. The molecule has 26 heteroatoms. The zero-order valence-electron chi connectivity index (χ0n) is 38.0. The van der Waals surface area contributed by atoms with Crippen LogP contribution in [0.4, 0.5) is 85.1 Å². The van der Waals surface area contributed by atoms with Crippen LogP contribution < -0.4 is 14.8 Å². The van der Waals surface area contributed by atoms with Crippen molar-refractivity contribution in [2.24, 2.45) is 5.92 Å². The lowest BCUT2D eigenvalue weighted by atomic mass is 9.88. The predicted molar refractivity (Wildman–Crippen MR) is 218 cm³/mol.